The van der Waals surface area contributed by atoms with Crippen molar-refractivity contribution in [2.45, 2.75) is 19.2 Å². The molecule has 4 nitrogen and oxygen atoms in total. The highest BCUT2D eigenvalue weighted by molar-refractivity contribution is 5.41. The zero-order valence-electron chi connectivity index (χ0n) is 9.85. The lowest BCUT2D eigenvalue weighted by atomic mass is 10.1. The van der Waals surface area contributed by atoms with E-state index in [9.17, 15) is 18.3 Å². The van der Waals surface area contributed by atoms with Gasteiger partial charge in [-0.05, 0) is 24.6 Å². The predicted molar refractivity (Wildman–Crippen MR) is 60.2 cm³/mol. The summed E-state index contributed by atoms with van der Waals surface area (Å²) >= 11 is 0. The van der Waals surface area contributed by atoms with Gasteiger partial charge in [0.2, 0.25) is 0 Å². The molecule has 18 heavy (non-hydrogen) atoms. The van der Waals surface area contributed by atoms with Gasteiger partial charge in [-0.2, -0.15) is 13.2 Å². The van der Waals surface area contributed by atoms with Crippen molar-refractivity contribution in [2.24, 2.45) is 0 Å². The van der Waals surface area contributed by atoms with Crippen LogP contribution >= 0.6 is 0 Å². The number of nitrogens with zero attached hydrogens (tertiary/aromatic N) is 2. The molecule has 0 aliphatic rings. The Morgan fingerprint density at radius 3 is 2.61 bits per heavy atom. The fourth-order valence-electron chi connectivity index (χ4n) is 1.48. The summed E-state index contributed by atoms with van der Waals surface area (Å²) in [6.07, 6.45) is -3.83. The van der Waals surface area contributed by atoms with Crippen LogP contribution in [0, 0.1) is 0 Å². The molecule has 0 bridgehead atoms. The standard InChI is InChI=1S/C11H15F3N2O2/c1-8(18)9-2-3-15-10(6-9)16(4-5-17)7-11(12,13)14/h2-3,6,8,17-18H,4-5,7H2,1H3. The summed E-state index contributed by atoms with van der Waals surface area (Å²) < 4.78 is 37.1. The Hall–Kier alpha value is -1.34. The molecule has 0 aliphatic carbocycles. The Morgan fingerprint density at radius 2 is 2.11 bits per heavy atom. The maximum atomic E-state index is 12.4. The maximum absolute atomic E-state index is 12.4. The first kappa shape index (κ1) is 14.7. The smallest absolute Gasteiger partial charge is 0.395 e. The summed E-state index contributed by atoms with van der Waals surface area (Å²) in [5.74, 6) is 0.0831. The van der Waals surface area contributed by atoms with Gasteiger partial charge in [-0.15, -0.1) is 0 Å². The van der Waals surface area contributed by atoms with Crippen LogP contribution in [0.1, 0.15) is 18.6 Å². The zero-order chi connectivity index (χ0) is 13.8. The number of hydrogen-bond donors (Lipinski definition) is 2. The molecule has 0 fully saturated rings. The Morgan fingerprint density at radius 1 is 1.44 bits per heavy atom. The fraction of sp³-hybridized carbons (Fsp3) is 0.545. The van der Waals surface area contributed by atoms with Crippen LogP contribution < -0.4 is 4.90 Å². The second kappa shape index (κ2) is 6.01. The second-order valence-corrected chi connectivity index (χ2v) is 3.88. The number of aliphatic hydroxyl groups excluding tert-OH is 2. The third-order valence-electron chi connectivity index (χ3n) is 2.32. The van der Waals surface area contributed by atoms with E-state index in [-0.39, 0.29) is 12.4 Å². The minimum atomic E-state index is -4.38. The number of anilines is 1. The summed E-state index contributed by atoms with van der Waals surface area (Å²) in [5.41, 5.74) is 0.477. The normalized spacial score (nSPS) is 13.4. The van der Waals surface area contributed by atoms with Crippen molar-refractivity contribution in [1.82, 2.24) is 4.98 Å². The average Bonchev–Trinajstić information content (AvgIpc) is 2.27. The van der Waals surface area contributed by atoms with E-state index in [1.54, 1.807) is 0 Å². The highest BCUT2D eigenvalue weighted by Gasteiger charge is 2.31. The molecular formula is C11H15F3N2O2. The molecule has 0 aliphatic heterocycles. The van der Waals surface area contributed by atoms with Gasteiger partial charge in [0.1, 0.15) is 12.4 Å². The van der Waals surface area contributed by atoms with Crippen LogP contribution in [0.3, 0.4) is 0 Å². The van der Waals surface area contributed by atoms with Crippen LogP contribution in [0.15, 0.2) is 18.3 Å². The Bertz CT molecular complexity index is 383. The van der Waals surface area contributed by atoms with Gasteiger partial charge in [-0.3, -0.25) is 0 Å². The largest absolute Gasteiger partial charge is 0.405 e. The molecule has 0 spiro atoms. The lowest BCUT2D eigenvalue weighted by Gasteiger charge is -2.24. The average molecular weight is 264 g/mol. The number of rotatable bonds is 5. The van der Waals surface area contributed by atoms with Crippen molar-refractivity contribution >= 4 is 5.82 Å². The van der Waals surface area contributed by atoms with E-state index in [4.69, 9.17) is 5.11 Å². The van der Waals surface area contributed by atoms with Gasteiger partial charge in [-0.1, -0.05) is 0 Å². The van der Waals surface area contributed by atoms with Gasteiger partial charge < -0.3 is 15.1 Å². The van der Waals surface area contributed by atoms with Crippen molar-refractivity contribution in [3.63, 3.8) is 0 Å². The second-order valence-electron chi connectivity index (χ2n) is 3.88. The van der Waals surface area contributed by atoms with Crippen LogP contribution in [0.4, 0.5) is 19.0 Å². The van der Waals surface area contributed by atoms with E-state index < -0.39 is 25.4 Å². The summed E-state index contributed by atoms with van der Waals surface area (Å²) in [7, 11) is 0. The molecule has 2 N–H and O–H groups in total. The molecular weight excluding hydrogens is 249 g/mol. The molecule has 1 unspecified atom stereocenters. The molecule has 0 radical (unpaired) electrons. The van der Waals surface area contributed by atoms with Crippen molar-refractivity contribution < 1.29 is 23.4 Å². The first-order valence-corrected chi connectivity index (χ1v) is 5.40. The highest BCUT2D eigenvalue weighted by Crippen LogP contribution is 2.22. The van der Waals surface area contributed by atoms with E-state index in [1.807, 2.05) is 0 Å². The Labute approximate surface area is 103 Å². The zero-order valence-corrected chi connectivity index (χ0v) is 9.85. The van der Waals surface area contributed by atoms with E-state index in [0.717, 1.165) is 4.90 Å². The van der Waals surface area contributed by atoms with Gasteiger partial charge in [0.15, 0.2) is 0 Å². The van der Waals surface area contributed by atoms with E-state index in [1.165, 1.54) is 25.3 Å². The maximum Gasteiger partial charge on any atom is 0.405 e. The molecule has 1 rings (SSSR count). The highest BCUT2D eigenvalue weighted by atomic mass is 19.4. The summed E-state index contributed by atoms with van der Waals surface area (Å²) in [5, 5.41) is 18.2. The van der Waals surface area contributed by atoms with Crippen molar-refractivity contribution in [3.05, 3.63) is 23.9 Å². The molecule has 7 heteroatoms. The Kier molecular flexibility index (Phi) is 4.92. The molecule has 0 aromatic carbocycles. The first-order chi connectivity index (χ1) is 8.33. The first-order valence-electron chi connectivity index (χ1n) is 5.40. The fourth-order valence-corrected chi connectivity index (χ4v) is 1.48. The molecule has 1 heterocycles. The third kappa shape index (κ3) is 4.50. The summed E-state index contributed by atoms with van der Waals surface area (Å²) in [6.45, 7) is -0.254. The van der Waals surface area contributed by atoms with Crippen molar-refractivity contribution in [2.75, 3.05) is 24.6 Å². The Balaban J connectivity index is 2.94. The number of halogens is 3. The van der Waals surface area contributed by atoms with Crippen molar-refractivity contribution in [3.8, 4) is 0 Å². The minimum Gasteiger partial charge on any atom is -0.395 e. The van der Waals surface area contributed by atoms with Crippen LogP contribution in [-0.4, -0.2) is 41.1 Å². The van der Waals surface area contributed by atoms with Crippen LogP contribution in [0.2, 0.25) is 0 Å². The van der Waals surface area contributed by atoms with Crippen LogP contribution in [0.25, 0.3) is 0 Å². The van der Waals surface area contributed by atoms with E-state index in [2.05, 4.69) is 4.98 Å². The van der Waals surface area contributed by atoms with Crippen LogP contribution in [0.5, 0.6) is 0 Å². The number of aromatic nitrogens is 1. The predicted octanol–water partition coefficient (Wildman–Crippen LogP) is 1.50. The van der Waals surface area contributed by atoms with Gasteiger partial charge in [-0.25, -0.2) is 4.98 Å². The lowest BCUT2D eigenvalue weighted by molar-refractivity contribution is -0.120. The monoisotopic (exact) mass is 264 g/mol. The summed E-state index contributed by atoms with van der Waals surface area (Å²) in [4.78, 5) is 4.75. The van der Waals surface area contributed by atoms with E-state index >= 15 is 0 Å². The van der Waals surface area contributed by atoms with Gasteiger partial charge in [0.25, 0.3) is 0 Å². The van der Waals surface area contributed by atoms with Crippen molar-refractivity contribution in [1.29, 1.82) is 0 Å². The van der Waals surface area contributed by atoms with Crippen LogP contribution in [-0.2, 0) is 0 Å². The lowest BCUT2D eigenvalue weighted by Crippen LogP contribution is -2.36. The topological polar surface area (TPSA) is 56.6 Å². The molecule has 102 valence electrons. The number of pyridine rings is 1. The molecule has 1 aromatic rings. The van der Waals surface area contributed by atoms with Gasteiger partial charge in [0.05, 0.1) is 12.7 Å². The SMILES string of the molecule is CC(O)c1ccnc(N(CCO)CC(F)(F)F)c1. The summed E-state index contributed by atoms with van der Waals surface area (Å²) in [6, 6.07) is 2.91. The quantitative estimate of drug-likeness (QED) is 0.846. The van der Waals surface area contributed by atoms with Gasteiger partial charge in [0, 0.05) is 12.7 Å². The molecule has 0 saturated carbocycles. The van der Waals surface area contributed by atoms with Gasteiger partial charge >= 0.3 is 6.18 Å². The molecule has 0 amide bonds. The number of hydrogen-bond acceptors (Lipinski definition) is 4. The minimum absolute atomic E-state index is 0.0831. The molecule has 0 saturated heterocycles. The number of aliphatic hydroxyl groups is 2. The molecule has 1 aromatic heterocycles. The number of alkyl halides is 3. The molecule has 1 atom stereocenters. The van der Waals surface area contributed by atoms with E-state index in [0.29, 0.717) is 5.56 Å². The third-order valence-corrected chi connectivity index (χ3v) is 2.32.